The summed E-state index contributed by atoms with van der Waals surface area (Å²) in [6, 6.07) is 0. The Morgan fingerprint density at radius 2 is 2.27 bits per heavy atom. The van der Waals surface area contributed by atoms with E-state index >= 15 is 0 Å². The summed E-state index contributed by atoms with van der Waals surface area (Å²) in [5, 5.41) is 1.67. The highest BCUT2D eigenvalue weighted by atomic mass is 16.5. The van der Waals surface area contributed by atoms with Crippen molar-refractivity contribution in [3.05, 3.63) is 41.0 Å². The molecule has 1 rings (SSSR count). The molecule has 78 valence electrons. The predicted octanol–water partition coefficient (Wildman–Crippen LogP) is 0.635. The van der Waals surface area contributed by atoms with E-state index in [0.717, 1.165) is 10.4 Å². The first-order valence-corrected chi connectivity index (χ1v) is 4.56. The molecule has 0 radical (unpaired) electrons. The van der Waals surface area contributed by atoms with Gasteiger partial charge in [-0.25, -0.2) is 4.79 Å². The summed E-state index contributed by atoms with van der Waals surface area (Å²) in [6.07, 6.45) is 8.47. The number of pyridine rings is 1. The molecule has 3 heteroatoms. The fourth-order valence-corrected chi connectivity index (χ4v) is 1.29. The fourth-order valence-electron chi connectivity index (χ4n) is 1.29. The lowest BCUT2D eigenvalue weighted by Crippen LogP contribution is -2.31. The van der Waals surface area contributed by atoms with Crippen LogP contribution < -0.4 is 10.4 Å². The van der Waals surface area contributed by atoms with Crippen LogP contribution in [0.1, 0.15) is 17.3 Å². The van der Waals surface area contributed by atoms with Crippen molar-refractivity contribution in [1.82, 2.24) is 4.98 Å². The summed E-state index contributed by atoms with van der Waals surface area (Å²) in [5.41, 5.74) is 0.452. The average molecular weight is 203 g/mol. The highest BCUT2D eigenvalue weighted by Crippen LogP contribution is 1.89. The molecule has 0 aliphatic carbocycles. The maximum Gasteiger partial charge on any atom is 0.340 e. The first kappa shape index (κ1) is 11.2. The minimum absolute atomic E-state index is 0.390. The maximum atomic E-state index is 11.4. The van der Waals surface area contributed by atoms with E-state index in [9.17, 15) is 4.79 Å². The van der Waals surface area contributed by atoms with Crippen LogP contribution in [0.15, 0.2) is 25.0 Å². The summed E-state index contributed by atoms with van der Waals surface area (Å²) in [6.45, 7) is 5.50. The molecule has 3 nitrogen and oxygen atoms in total. The Labute approximate surface area is 88.4 Å². The third kappa shape index (κ3) is 2.31. The van der Waals surface area contributed by atoms with Crippen molar-refractivity contribution in [2.45, 2.75) is 6.92 Å². The zero-order valence-corrected chi connectivity index (χ0v) is 8.86. The third-order valence-electron chi connectivity index (χ3n) is 2.02. The number of nitrogens with zero attached hydrogens (tertiary/aromatic N) is 1. The van der Waals surface area contributed by atoms with E-state index in [4.69, 9.17) is 0 Å². The quantitative estimate of drug-likeness (QED) is 0.662. The van der Waals surface area contributed by atoms with E-state index in [1.807, 2.05) is 13.0 Å². The van der Waals surface area contributed by atoms with Gasteiger partial charge in [0.15, 0.2) is 0 Å². The Bertz CT molecular complexity index is 489. The minimum Gasteiger partial charge on any atom is -0.465 e. The highest BCUT2D eigenvalue weighted by molar-refractivity contribution is 5.89. The number of hydrogen-bond donors (Lipinski definition) is 0. The monoisotopic (exact) mass is 203 g/mol. The van der Waals surface area contributed by atoms with Crippen molar-refractivity contribution in [3.8, 4) is 0 Å². The van der Waals surface area contributed by atoms with Gasteiger partial charge < -0.3 is 4.74 Å². The van der Waals surface area contributed by atoms with Gasteiger partial charge >= 0.3 is 5.97 Å². The normalized spacial score (nSPS) is 12.7. The van der Waals surface area contributed by atoms with Crippen molar-refractivity contribution in [3.63, 3.8) is 0 Å². The molecule has 0 aliphatic heterocycles. The van der Waals surface area contributed by atoms with E-state index in [-0.39, 0.29) is 5.97 Å². The molecule has 0 spiro atoms. The van der Waals surface area contributed by atoms with Crippen LogP contribution in [0.5, 0.6) is 0 Å². The molecule has 1 aromatic heterocycles. The van der Waals surface area contributed by atoms with Crippen molar-refractivity contribution < 1.29 is 9.53 Å². The average Bonchev–Trinajstić information content (AvgIpc) is 2.28. The number of allylic oxidation sites excluding steroid dienone is 1. The van der Waals surface area contributed by atoms with Gasteiger partial charge in [-0.1, -0.05) is 24.8 Å². The third-order valence-corrected chi connectivity index (χ3v) is 2.02. The second-order valence-corrected chi connectivity index (χ2v) is 2.87. The van der Waals surface area contributed by atoms with Gasteiger partial charge in [0, 0.05) is 12.4 Å². The Hall–Kier alpha value is -1.90. The van der Waals surface area contributed by atoms with Crippen LogP contribution in [0, 0.1) is 0 Å². The van der Waals surface area contributed by atoms with E-state index in [0.29, 0.717) is 5.56 Å². The molecule has 0 amide bonds. The second-order valence-electron chi connectivity index (χ2n) is 2.87. The van der Waals surface area contributed by atoms with E-state index in [1.165, 1.54) is 13.3 Å². The molecule has 0 fully saturated rings. The van der Waals surface area contributed by atoms with E-state index in [1.54, 1.807) is 18.3 Å². The van der Waals surface area contributed by atoms with Crippen LogP contribution in [0.3, 0.4) is 0 Å². The van der Waals surface area contributed by atoms with Crippen molar-refractivity contribution in [1.29, 1.82) is 0 Å². The SMILES string of the molecule is C=C/C=c1/c(C(=O)OC)cnc/c1=C/C. The molecule has 0 saturated carbocycles. The van der Waals surface area contributed by atoms with Gasteiger partial charge in [-0.3, -0.25) is 4.98 Å². The van der Waals surface area contributed by atoms with E-state index in [2.05, 4.69) is 16.3 Å². The predicted molar refractivity (Wildman–Crippen MR) is 59.6 cm³/mol. The number of aromatic nitrogens is 1. The first-order valence-electron chi connectivity index (χ1n) is 4.56. The van der Waals surface area contributed by atoms with Crippen LogP contribution in [-0.2, 0) is 4.74 Å². The van der Waals surface area contributed by atoms with Crippen molar-refractivity contribution in [2.75, 3.05) is 7.11 Å². The molecule has 15 heavy (non-hydrogen) atoms. The number of carbonyl (C=O) groups is 1. The van der Waals surface area contributed by atoms with Gasteiger partial charge in [0.05, 0.1) is 12.7 Å². The zero-order valence-electron chi connectivity index (χ0n) is 8.86. The lowest BCUT2D eigenvalue weighted by molar-refractivity contribution is 0.0599. The number of esters is 1. The molecule has 0 aromatic carbocycles. The van der Waals surface area contributed by atoms with Crippen molar-refractivity contribution in [2.24, 2.45) is 0 Å². The molecule has 0 saturated heterocycles. The maximum absolute atomic E-state index is 11.4. The highest BCUT2D eigenvalue weighted by Gasteiger charge is 2.07. The van der Waals surface area contributed by atoms with Crippen LogP contribution >= 0.6 is 0 Å². The lowest BCUT2D eigenvalue weighted by Gasteiger charge is -1.99. The first-order chi connectivity index (χ1) is 7.24. The van der Waals surface area contributed by atoms with Gasteiger partial charge in [0.1, 0.15) is 0 Å². The van der Waals surface area contributed by atoms with Crippen molar-refractivity contribution >= 4 is 18.1 Å². The summed E-state index contributed by atoms with van der Waals surface area (Å²) in [5.74, 6) is -0.390. The van der Waals surface area contributed by atoms with Gasteiger partial charge in [-0.15, -0.1) is 0 Å². The Morgan fingerprint density at radius 1 is 1.53 bits per heavy atom. The van der Waals surface area contributed by atoms with Gasteiger partial charge in [-0.2, -0.15) is 0 Å². The molecule has 0 bridgehead atoms. The number of ether oxygens (including phenoxy) is 1. The number of methoxy groups -OCH3 is 1. The largest absolute Gasteiger partial charge is 0.465 e. The fraction of sp³-hybridized carbons (Fsp3) is 0.167. The topological polar surface area (TPSA) is 39.2 Å². The second kappa shape index (κ2) is 5.10. The summed E-state index contributed by atoms with van der Waals surface area (Å²) in [4.78, 5) is 15.4. The number of hydrogen-bond acceptors (Lipinski definition) is 3. The molecule has 0 unspecified atom stereocenters. The minimum atomic E-state index is -0.390. The molecular formula is C12H13NO2. The van der Waals surface area contributed by atoms with Crippen LogP contribution in [-0.4, -0.2) is 18.1 Å². The summed E-state index contributed by atoms with van der Waals surface area (Å²) < 4.78 is 4.68. The van der Waals surface area contributed by atoms with Crippen LogP contribution in [0.25, 0.3) is 12.2 Å². The van der Waals surface area contributed by atoms with E-state index < -0.39 is 0 Å². The Morgan fingerprint density at radius 3 is 2.80 bits per heavy atom. The Kier molecular flexibility index (Phi) is 3.80. The molecular weight excluding hydrogens is 190 g/mol. The van der Waals surface area contributed by atoms with Gasteiger partial charge in [-0.05, 0) is 17.4 Å². The number of rotatable bonds is 2. The van der Waals surface area contributed by atoms with Gasteiger partial charge in [0.2, 0.25) is 0 Å². The zero-order chi connectivity index (χ0) is 11.3. The molecule has 1 heterocycles. The summed E-state index contributed by atoms with van der Waals surface area (Å²) in [7, 11) is 1.35. The molecule has 0 N–H and O–H groups in total. The smallest absolute Gasteiger partial charge is 0.340 e. The number of carbonyl (C=O) groups excluding carboxylic acids is 1. The van der Waals surface area contributed by atoms with Crippen LogP contribution in [0.4, 0.5) is 0 Å². The molecule has 1 aromatic rings. The molecule has 0 aliphatic rings. The standard InChI is InChI=1S/C12H13NO2/c1-4-6-10-9(5-2)7-13-8-11(10)12(14)15-3/h4-8H,1H2,2-3H3/b9-5-,10-6+. The van der Waals surface area contributed by atoms with Gasteiger partial charge in [0.25, 0.3) is 0 Å². The van der Waals surface area contributed by atoms with Crippen LogP contribution in [0.2, 0.25) is 0 Å². The summed E-state index contributed by atoms with van der Waals surface area (Å²) >= 11 is 0. The lowest BCUT2D eigenvalue weighted by atomic mass is 10.1. The Balaban J connectivity index is 3.61. The molecule has 0 atom stereocenters.